The Morgan fingerprint density at radius 3 is 2.60 bits per heavy atom. The van der Waals surface area contributed by atoms with Gasteiger partial charge < -0.3 is 10.1 Å². The van der Waals surface area contributed by atoms with E-state index >= 15 is 0 Å². The van der Waals surface area contributed by atoms with Crippen LogP contribution in [-0.4, -0.2) is 19.7 Å². The van der Waals surface area contributed by atoms with Crippen LogP contribution in [0.4, 0.5) is 0 Å². The van der Waals surface area contributed by atoms with Crippen LogP contribution in [0.1, 0.15) is 19.4 Å². The Labute approximate surface area is 92.6 Å². The third kappa shape index (κ3) is 3.92. The lowest BCUT2D eigenvalue weighted by atomic mass is 10.1. The predicted octanol–water partition coefficient (Wildman–Crippen LogP) is 2.62. The van der Waals surface area contributed by atoms with Crippen molar-refractivity contribution in [2.45, 2.75) is 26.8 Å². The summed E-state index contributed by atoms with van der Waals surface area (Å²) in [6, 6.07) is 8.57. The third-order valence-corrected chi connectivity index (χ3v) is 2.59. The first-order valence-corrected chi connectivity index (χ1v) is 5.50. The minimum atomic E-state index is 0.408. The monoisotopic (exact) mass is 207 g/mol. The lowest BCUT2D eigenvalue weighted by Gasteiger charge is -2.20. The van der Waals surface area contributed by atoms with Crippen LogP contribution < -0.4 is 10.1 Å². The molecule has 0 aliphatic heterocycles. The number of aryl methyl sites for hydroxylation is 1. The first-order valence-electron chi connectivity index (χ1n) is 5.50. The molecule has 0 saturated heterocycles. The molecule has 0 bridgehead atoms. The van der Waals surface area contributed by atoms with Crippen LogP contribution in [0.25, 0.3) is 0 Å². The van der Waals surface area contributed by atoms with E-state index in [2.05, 4.69) is 38.2 Å². The molecule has 0 amide bonds. The number of hydrogen-bond acceptors (Lipinski definition) is 2. The summed E-state index contributed by atoms with van der Waals surface area (Å²) in [6.07, 6.45) is 0. The van der Waals surface area contributed by atoms with E-state index in [-0.39, 0.29) is 0 Å². The van der Waals surface area contributed by atoms with Crippen LogP contribution in [0.3, 0.4) is 0 Å². The van der Waals surface area contributed by atoms with Gasteiger partial charge in [0, 0.05) is 6.04 Å². The molecular weight excluding hydrogens is 186 g/mol. The second kappa shape index (κ2) is 5.76. The first kappa shape index (κ1) is 12.1. The smallest absolute Gasteiger partial charge is 0.119 e. The minimum absolute atomic E-state index is 0.408. The fraction of sp³-hybridized carbons (Fsp3) is 0.538. The van der Waals surface area contributed by atoms with Gasteiger partial charge in [-0.25, -0.2) is 0 Å². The first-order chi connectivity index (χ1) is 7.13. The standard InChI is InChI=1S/C13H21NO/c1-10(2)13(14-4)9-15-12-7-5-6-11(3)8-12/h5-8,10,13-14H,9H2,1-4H3. The van der Waals surface area contributed by atoms with Crippen molar-refractivity contribution in [3.05, 3.63) is 29.8 Å². The summed E-state index contributed by atoms with van der Waals surface area (Å²) in [5, 5.41) is 3.26. The third-order valence-electron chi connectivity index (χ3n) is 2.59. The molecule has 1 unspecified atom stereocenters. The van der Waals surface area contributed by atoms with Gasteiger partial charge in [-0.1, -0.05) is 26.0 Å². The van der Waals surface area contributed by atoms with Crippen LogP contribution in [0, 0.1) is 12.8 Å². The zero-order valence-corrected chi connectivity index (χ0v) is 10.1. The van der Waals surface area contributed by atoms with Crippen molar-refractivity contribution in [2.75, 3.05) is 13.7 Å². The Morgan fingerprint density at radius 2 is 2.07 bits per heavy atom. The molecule has 2 heteroatoms. The minimum Gasteiger partial charge on any atom is -0.492 e. The molecule has 0 radical (unpaired) electrons. The van der Waals surface area contributed by atoms with Crippen LogP contribution in [0.5, 0.6) is 5.75 Å². The normalized spacial score (nSPS) is 12.9. The van der Waals surface area contributed by atoms with Crippen molar-refractivity contribution in [1.29, 1.82) is 0 Å². The van der Waals surface area contributed by atoms with Gasteiger partial charge in [0.2, 0.25) is 0 Å². The predicted molar refractivity (Wildman–Crippen MR) is 64.4 cm³/mol. The molecule has 84 valence electrons. The SMILES string of the molecule is CNC(COc1cccc(C)c1)C(C)C. The highest BCUT2D eigenvalue weighted by Gasteiger charge is 2.11. The topological polar surface area (TPSA) is 21.3 Å². The molecule has 1 rings (SSSR count). The van der Waals surface area contributed by atoms with E-state index in [1.165, 1.54) is 5.56 Å². The Morgan fingerprint density at radius 1 is 1.33 bits per heavy atom. The number of benzene rings is 1. The van der Waals surface area contributed by atoms with Gasteiger partial charge in [-0.15, -0.1) is 0 Å². The molecule has 1 aromatic carbocycles. The number of nitrogens with one attached hydrogen (secondary N) is 1. The van der Waals surface area contributed by atoms with E-state index in [1.807, 2.05) is 19.2 Å². The lowest BCUT2D eigenvalue weighted by Crippen LogP contribution is -2.36. The molecule has 0 aliphatic carbocycles. The van der Waals surface area contributed by atoms with Gasteiger partial charge in [-0.05, 0) is 37.6 Å². The van der Waals surface area contributed by atoms with Crippen molar-refractivity contribution in [3.8, 4) is 5.75 Å². The molecule has 15 heavy (non-hydrogen) atoms. The highest BCUT2D eigenvalue weighted by atomic mass is 16.5. The molecule has 1 atom stereocenters. The van der Waals surface area contributed by atoms with Crippen molar-refractivity contribution >= 4 is 0 Å². The average Bonchev–Trinajstić information content (AvgIpc) is 2.18. The summed E-state index contributed by atoms with van der Waals surface area (Å²) in [5.74, 6) is 1.54. The van der Waals surface area contributed by atoms with Crippen molar-refractivity contribution < 1.29 is 4.74 Å². The Hall–Kier alpha value is -1.02. The van der Waals surface area contributed by atoms with Crippen LogP contribution in [0.2, 0.25) is 0 Å². The number of likely N-dealkylation sites (N-methyl/N-ethyl adjacent to an activating group) is 1. The van der Waals surface area contributed by atoms with E-state index in [4.69, 9.17) is 4.74 Å². The molecule has 1 aromatic rings. The largest absolute Gasteiger partial charge is 0.492 e. The van der Waals surface area contributed by atoms with E-state index in [1.54, 1.807) is 0 Å². The fourth-order valence-corrected chi connectivity index (χ4v) is 1.50. The van der Waals surface area contributed by atoms with E-state index in [0.717, 1.165) is 12.4 Å². The second-order valence-electron chi connectivity index (χ2n) is 4.27. The summed E-state index contributed by atoms with van der Waals surface area (Å²) in [4.78, 5) is 0. The van der Waals surface area contributed by atoms with E-state index in [0.29, 0.717) is 12.0 Å². The molecule has 0 spiro atoms. The summed E-state index contributed by atoms with van der Waals surface area (Å²) in [7, 11) is 1.98. The van der Waals surface area contributed by atoms with Crippen LogP contribution >= 0.6 is 0 Å². The van der Waals surface area contributed by atoms with E-state index in [9.17, 15) is 0 Å². The van der Waals surface area contributed by atoms with Crippen LogP contribution in [0.15, 0.2) is 24.3 Å². The Bertz CT molecular complexity index is 296. The zero-order chi connectivity index (χ0) is 11.3. The van der Waals surface area contributed by atoms with Gasteiger partial charge >= 0.3 is 0 Å². The second-order valence-corrected chi connectivity index (χ2v) is 4.27. The van der Waals surface area contributed by atoms with Gasteiger partial charge in [0.25, 0.3) is 0 Å². The van der Waals surface area contributed by atoms with Crippen molar-refractivity contribution in [3.63, 3.8) is 0 Å². The molecular formula is C13H21NO. The number of hydrogen-bond donors (Lipinski definition) is 1. The maximum Gasteiger partial charge on any atom is 0.119 e. The lowest BCUT2D eigenvalue weighted by molar-refractivity contribution is 0.238. The average molecular weight is 207 g/mol. The molecule has 0 heterocycles. The summed E-state index contributed by atoms with van der Waals surface area (Å²) in [6.45, 7) is 7.18. The summed E-state index contributed by atoms with van der Waals surface area (Å²) >= 11 is 0. The fourth-order valence-electron chi connectivity index (χ4n) is 1.50. The molecule has 0 saturated carbocycles. The van der Waals surface area contributed by atoms with Gasteiger partial charge in [-0.2, -0.15) is 0 Å². The number of rotatable bonds is 5. The van der Waals surface area contributed by atoms with Crippen molar-refractivity contribution in [1.82, 2.24) is 5.32 Å². The summed E-state index contributed by atoms with van der Waals surface area (Å²) < 4.78 is 5.74. The molecule has 1 N–H and O–H groups in total. The van der Waals surface area contributed by atoms with Gasteiger partial charge in [0.05, 0.1) is 0 Å². The highest BCUT2D eigenvalue weighted by Crippen LogP contribution is 2.13. The maximum absolute atomic E-state index is 5.74. The Balaban J connectivity index is 2.49. The molecule has 2 nitrogen and oxygen atoms in total. The molecule has 0 aromatic heterocycles. The quantitative estimate of drug-likeness (QED) is 0.801. The Kier molecular flexibility index (Phi) is 4.63. The highest BCUT2D eigenvalue weighted by molar-refractivity contribution is 5.27. The van der Waals surface area contributed by atoms with Gasteiger partial charge in [-0.3, -0.25) is 0 Å². The van der Waals surface area contributed by atoms with Crippen molar-refractivity contribution in [2.24, 2.45) is 5.92 Å². The maximum atomic E-state index is 5.74. The van der Waals surface area contributed by atoms with E-state index < -0.39 is 0 Å². The van der Waals surface area contributed by atoms with Crippen LogP contribution in [-0.2, 0) is 0 Å². The number of ether oxygens (including phenoxy) is 1. The van der Waals surface area contributed by atoms with Gasteiger partial charge in [0.15, 0.2) is 0 Å². The summed E-state index contributed by atoms with van der Waals surface area (Å²) in [5.41, 5.74) is 1.23. The molecule has 0 fully saturated rings. The van der Waals surface area contributed by atoms with Gasteiger partial charge in [0.1, 0.15) is 12.4 Å². The zero-order valence-electron chi connectivity index (χ0n) is 10.1. The molecule has 0 aliphatic rings.